The zero-order valence-electron chi connectivity index (χ0n) is 25.0. The molecule has 2 atom stereocenters. The van der Waals surface area contributed by atoms with Gasteiger partial charge >= 0.3 is 12.1 Å². The molecule has 5 rings (SSSR count). The summed E-state index contributed by atoms with van der Waals surface area (Å²) in [6.07, 6.45) is -2.02. The fourth-order valence-corrected chi connectivity index (χ4v) is 6.45. The number of alkyl halides is 3. The van der Waals surface area contributed by atoms with Crippen LogP contribution in [0.2, 0.25) is 10.0 Å². The molecule has 2 heterocycles. The van der Waals surface area contributed by atoms with Crippen LogP contribution in [0.5, 0.6) is 0 Å². The van der Waals surface area contributed by atoms with E-state index in [0.717, 1.165) is 12.1 Å². The molecule has 2 aromatic carbocycles. The summed E-state index contributed by atoms with van der Waals surface area (Å²) in [4.78, 5) is 46.4. The number of nitrogens with zero attached hydrogens (tertiary/aromatic N) is 3. The highest BCUT2D eigenvalue weighted by Gasteiger charge is 2.35. The van der Waals surface area contributed by atoms with Crippen LogP contribution in [0.4, 0.5) is 19.1 Å². The van der Waals surface area contributed by atoms with Gasteiger partial charge in [-0.2, -0.15) is 13.2 Å². The van der Waals surface area contributed by atoms with E-state index in [1.807, 2.05) is 6.92 Å². The summed E-state index contributed by atoms with van der Waals surface area (Å²) >= 11 is 12.2. The van der Waals surface area contributed by atoms with Crippen LogP contribution < -0.4 is 10.9 Å². The van der Waals surface area contributed by atoms with Crippen molar-refractivity contribution in [1.29, 1.82) is 0 Å². The molecular formula is C32H33Cl2F3N4O4. The molecule has 0 bridgehead atoms. The minimum Gasteiger partial charge on any atom is -0.469 e. The van der Waals surface area contributed by atoms with Gasteiger partial charge in [0.25, 0.3) is 11.5 Å². The van der Waals surface area contributed by atoms with Gasteiger partial charge in [0.05, 0.1) is 46.9 Å². The number of carbonyl (C=O) groups is 2. The molecule has 45 heavy (non-hydrogen) atoms. The molecular weight excluding hydrogens is 632 g/mol. The Kier molecular flexibility index (Phi) is 9.51. The van der Waals surface area contributed by atoms with Crippen LogP contribution in [0.1, 0.15) is 84.4 Å². The van der Waals surface area contributed by atoms with Crippen molar-refractivity contribution in [3.05, 3.63) is 90.8 Å². The first-order chi connectivity index (χ1) is 21.3. The van der Waals surface area contributed by atoms with Crippen LogP contribution in [-0.2, 0) is 28.7 Å². The number of aromatic nitrogens is 2. The lowest BCUT2D eigenvalue weighted by molar-refractivity contribution is -0.146. The number of fused-ring (bicyclic) bond motifs is 1. The number of carbonyl (C=O) groups excluding carboxylic acids is 2. The van der Waals surface area contributed by atoms with Gasteiger partial charge < -0.3 is 15.0 Å². The summed E-state index contributed by atoms with van der Waals surface area (Å²) in [6, 6.07) is 8.38. The number of anilines is 1. The Morgan fingerprint density at radius 3 is 2.31 bits per heavy atom. The molecule has 0 saturated heterocycles. The molecule has 0 unspecified atom stereocenters. The first kappa shape index (κ1) is 32.8. The highest BCUT2D eigenvalue weighted by Crippen LogP contribution is 2.36. The Hall–Kier alpha value is -3.57. The predicted octanol–water partition coefficient (Wildman–Crippen LogP) is 7.23. The summed E-state index contributed by atoms with van der Waals surface area (Å²) in [7, 11) is 1.35. The molecule has 2 aliphatic rings. The maximum absolute atomic E-state index is 14.2. The molecule has 1 N–H and O–H groups in total. The molecule has 240 valence electrons. The number of methoxy groups -OCH3 is 1. The van der Waals surface area contributed by atoms with Gasteiger partial charge in [-0.05, 0) is 81.8 Å². The van der Waals surface area contributed by atoms with Crippen molar-refractivity contribution in [2.75, 3.05) is 12.4 Å². The van der Waals surface area contributed by atoms with Gasteiger partial charge in [-0.3, -0.25) is 19.0 Å². The van der Waals surface area contributed by atoms with Crippen LogP contribution in [-0.4, -0.2) is 39.5 Å². The van der Waals surface area contributed by atoms with E-state index in [1.54, 1.807) is 28.5 Å². The molecule has 8 nitrogen and oxygen atoms in total. The Morgan fingerprint density at radius 2 is 1.71 bits per heavy atom. The van der Waals surface area contributed by atoms with E-state index in [0.29, 0.717) is 53.1 Å². The smallest absolute Gasteiger partial charge is 0.416 e. The lowest BCUT2D eigenvalue weighted by atomic mass is 9.85. The minimum absolute atomic E-state index is 0.0735. The van der Waals surface area contributed by atoms with Gasteiger partial charge in [-0.1, -0.05) is 35.3 Å². The largest absolute Gasteiger partial charge is 0.469 e. The Balaban J connectivity index is 1.50. The number of nitrogens with one attached hydrogen (secondary N) is 1. The standard InChI is InChI=1S/C32H33Cl2F3N4O4/c1-17-14-24-27(16-40(17)28(42)21-8-13-25(33)26(34)15-21)39-31(38-18(2)19-4-9-22(10-5-19)32(35,36)37)41(29(24)43)23-11-6-20(7-12-23)30(44)45-3/h4-5,8-10,13,15,17-18,20,23H,6-7,11-12,14,16H2,1-3H3,(H,38,39)/t17-,18+,20?,23?/m1/s1. The average Bonchev–Trinajstić information content (AvgIpc) is 3.01. The number of amides is 1. The number of esters is 1. The van der Waals surface area contributed by atoms with Gasteiger partial charge in [-0.15, -0.1) is 0 Å². The van der Waals surface area contributed by atoms with Crippen molar-refractivity contribution < 1.29 is 27.5 Å². The van der Waals surface area contributed by atoms with Crippen LogP contribution in [0.15, 0.2) is 47.3 Å². The van der Waals surface area contributed by atoms with Gasteiger partial charge in [-0.25, -0.2) is 4.98 Å². The lowest BCUT2D eigenvalue weighted by Gasteiger charge is -2.36. The highest BCUT2D eigenvalue weighted by atomic mass is 35.5. The Morgan fingerprint density at radius 1 is 1.04 bits per heavy atom. The van der Waals surface area contributed by atoms with Crippen LogP contribution in [0.3, 0.4) is 0 Å². The number of benzene rings is 2. The Labute approximate surface area is 268 Å². The van der Waals surface area contributed by atoms with Crippen molar-refractivity contribution in [1.82, 2.24) is 14.5 Å². The molecule has 0 radical (unpaired) electrons. The van der Waals surface area contributed by atoms with E-state index in [2.05, 4.69) is 5.32 Å². The van der Waals surface area contributed by atoms with E-state index in [1.165, 1.54) is 25.3 Å². The molecule has 3 aromatic rings. The minimum atomic E-state index is -4.46. The number of hydrogen-bond acceptors (Lipinski definition) is 6. The molecule has 1 aliphatic heterocycles. The predicted molar refractivity (Wildman–Crippen MR) is 164 cm³/mol. The molecule has 0 spiro atoms. The van der Waals surface area contributed by atoms with E-state index in [-0.39, 0.29) is 59.4 Å². The van der Waals surface area contributed by atoms with Crippen LogP contribution in [0, 0.1) is 5.92 Å². The third-order valence-corrected chi connectivity index (χ3v) is 9.49. The fraction of sp³-hybridized carbons (Fsp3) is 0.438. The van der Waals surface area contributed by atoms with E-state index in [4.69, 9.17) is 32.9 Å². The van der Waals surface area contributed by atoms with Crippen molar-refractivity contribution in [3.8, 4) is 0 Å². The zero-order valence-corrected chi connectivity index (χ0v) is 26.5. The third kappa shape index (κ3) is 6.84. The second-order valence-corrected chi connectivity index (χ2v) is 12.5. The number of rotatable bonds is 6. The molecule has 1 fully saturated rings. The quantitative estimate of drug-likeness (QED) is 0.280. The highest BCUT2D eigenvalue weighted by molar-refractivity contribution is 6.42. The maximum Gasteiger partial charge on any atom is 0.416 e. The number of halogens is 5. The summed E-state index contributed by atoms with van der Waals surface area (Å²) in [5.74, 6) is -0.564. The molecule has 1 aliphatic carbocycles. The summed E-state index contributed by atoms with van der Waals surface area (Å²) in [5, 5.41) is 3.84. The first-order valence-electron chi connectivity index (χ1n) is 14.7. The second kappa shape index (κ2) is 13.0. The summed E-state index contributed by atoms with van der Waals surface area (Å²) in [5.41, 5.74) is 0.866. The average molecular weight is 666 g/mol. The monoisotopic (exact) mass is 664 g/mol. The van der Waals surface area contributed by atoms with Crippen LogP contribution >= 0.6 is 23.2 Å². The molecule has 1 saturated carbocycles. The second-order valence-electron chi connectivity index (χ2n) is 11.7. The number of hydrogen-bond donors (Lipinski definition) is 1. The summed E-state index contributed by atoms with van der Waals surface area (Å²) < 4.78 is 46.0. The van der Waals surface area contributed by atoms with Crippen LogP contribution in [0.25, 0.3) is 0 Å². The Bertz CT molecular complexity index is 1650. The third-order valence-electron chi connectivity index (χ3n) is 8.75. The van der Waals surface area contributed by atoms with Gasteiger partial charge in [0, 0.05) is 23.2 Å². The van der Waals surface area contributed by atoms with Gasteiger partial charge in [0.2, 0.25) is 5.95 Å². The first-order valence-corrected chi connectivity index (χ1v) is 15.5. The van der Waals surface area contributed by atoms with E-state index in [9.17, 15) is 27.6 Å². The van der Waals surface area contributed by atoms with E-state index < -0.39 is 17.8 Å². The van der Waals surface area contributed by atoms with Gasteiger partial charge in [0.15, 0.2) is 0 Å². The molecule has 1 amide bonds. The van der Waals surface area contributed by atoms with Gasteiger partial charge in [0.1, 0.15) is 0 Å². The topological polar surface area (TPSA) is 93.5 Å². The van der Waals surface area contributed by atoms with Crippen molar-refractivity contribution in [3.63, 3.8) is 0 Å². The lowest BCUT2D eigenvalue weighted by Crippen LogP contribution is -2.46. The SMILES string of the molecule is COC(=O)C1CCC(n2c(N[C@@H](C)c3ccc(C(F)(F)F)cc3)nc3c(c2=O)C[C@@H](C)N(C(=O)c2ccc(Cl)c(Cl)c2)C3)CC1. The van der Waals surface area contributed by atoms with Crippen molar-refractivity contribution in [2.45, 2.75) is 76.8 Å². The maximum atomic E-state index is 14.2. The van der Waals surface area contributed by atoms with Crippen molar-refractivity contribution in [2.24, 2.45) is 5.92 Å². The summed E-state index contributed by atoms with van der Waals surface area (Å²) in [6.45, 7) is 3.71. The molecule has 13 heteroatoms. The fourth-order valence-electron chi connectivity index (χ4n) is 6.15. The van der Waals surface area contributed by atoms with E-state index >= 15 is 0 Å². The number of ether oxygens (including phenoxy) is 1. The zero-order chi connectivity index (χ0) is 32.6. The van der Waals surface area contributed by atoms with Crippen molar-refractivity contribution >= 4 is 41.0 Å². The normalized spacial score (nSPS) is 20.7. The molecule has 1 aromatic heterocycles.